The largest absolute Gasteiger partial charge is 0.269 e. The molecule has 2 aliphatic rings. The van der Waals surface area contributed by atoms with Crippen LogP contribution in [0.4, 0.5) is 0 Å². The van der Waals surface area contributed by atoms with Gasteiger partial charge in [0.05, 0.1) is 12.1 Å². The molecule has 2 aromatic rings. The second-order valence-electron chi connectivity index (χ2n) is 6.93. The molecular formula is C24H22N2O4. The van der Waals surface area contributed by atoms with Gasteiger partial charge in [0.15, 0.2) is 0 Å². The Morgan fingerprint density at radius 3 is 1.03 bits per heavy atom. The fourth-order valence-electron chi connectivity index (χ4n) is 3.35. The Labute approximate surface area is 175 Å². The zero-order valence-electron chi connectivity index (χ0n) is 16.8. The molecule has 4 amide bonds. The summed E-state index contributed by atoms with van der Waals surface area (Å²) in [6.45, 7) is 3.69. The SMILES string of the molecule is C[C@@H](c1ccccc1)N1C(=O)C=CC1=O.C[C@@H](c1ccccc1)N1C(=O)C=CC1=O. The van der Waals surface area contributed by atoms with Crippen LogP contribution >= 0.6 is 0 Å². The molecule has 2 aliphatic heterocycles. The van der Waals surface area contributed by atoms with Gasteiger partial charge in [0, 0.05) is 24.3 Å². The van der Waals surface area contributed by atoms with Gasteiger partial charge in [0.2, 0.25) is 0 Å². The first kappa shape index (κ1) is 20.9. The first-order valence-corrected chi connectivity index (χ1v) is 9.60. The molecule has 30 heavy (non-hydrogen) atoms. The van der Waals surface area contributed by atoms with Gasteiger partial charge >= 0.3 is 0 Å². The van der Waals surface area contributed by atoms with Crippen LogP contribution in [0.1, 0.15) is 37.1 Å². The lowest BCUT2D eigenvalue weighted by Gasteiger charge is -2.22. The molecule has 0 unspecified atom stereocenters. The number of hydrogen-bond acceptors (Lipinski definition) is 4. The first-order valence-electron chi connectivity index (χ1n) is 9.60. The van der Waals surface area contributed by atoms with E-state index in [-0.39, 0.29) is 35.7 Å². The minimum atomic E-state index is -0.239. The lowest BCUT2D eigenvalue weighted by atomic mass is 10.1. The fraction of sp³-hybridized carbons (Fsp3) is 0.167. The van der Waals surface area contributed by atoms with Gasteiger partial charge in [-0.25, -0.2) is 0 Å². The average molecular weight is 402 g/mol. The van der Waals surface area contributed by atoms with Crippen molar-refractivity contribution >= 4 is 23.6 Å². The molecule has 0 radical (unpaired) electrons. The van der Waals surface area contributed by atoms with Crippen molar-refractivity contribution in [2.45, 2.75) is 25.9 Å². The van der Waals surface area contributed by atoms with E-state index in [1.54, 1.807) is 0 Å². The van der Waals surface area contributed by atoms with Gasteiger partial charge < -0.3 is 0 Å². The van der Waals surface area contributed by atoms with Crippen LogP contribution in [0.2, 0.25) is 0 Å². The molecule has 0 fully saturated rings. The van der Waals surface area contributed by atoms with Crippen molar-refractivity contribution < 1.29 is 19.2 Å². The number of imide groups is 2. The highest BCUT2D eigenvalue weighted by molar-refractivity contribution is 6.13. The zero-order valence-corrected chi connectivity index (χ0v) is 16.8. The van der Waals surface area contributed by atoms with Gasteiger partial charge in [-0.1, -0.05) is 60.7 Å². The molecule has 0 saturated heterocycles. The second-order valence-corrected chi connectivity index (χ2v) is 6.93. The maximum atomic E-state index is 11.4. The van der Waals surface area contributed by atoms with Crippen molar-refractivity contribution in [3.8, 4) is 0 Å². The van der Waals surface area contributed by atoms with E-state index in [0.29, 0.717) is 0 Å². The molecule has 2 atom stereocenters. The summed E-state index contributed by atoms with van der Waals surface area (Å²) in [7, 11) is 0. The molecule has 2 heterocycles. The van der Waals surface area contributed by atoms with Crippen LogP contribution in [-0.4, -0.2) is 33.4 Å². The molecule has 2 aromatic carbocycles. The molecule has 6 nitrogen and oxygen atoms in total. The van der Waals surface area contributed by atoms with E-state index in [0.717, 1.165) is 11.1 Å². The highest BCUT2D eigenvalue weighted by Gasteiger charge is 2.29. The van der Waals surface area contributed by atoms with Crippen LogP contribution in [-0.2, 0) is 19.2 Å². The minimum Gasteiger partial charge on any atom is -0.269 e. The van der Waals surface area contributed by atoms with Crippen molar-refractivity contribution in [1.29, 1.82) is 0 Å². The van der Waals surface area contributed by atoms with Crippen LogP contribution in [0.3, 0.4) is 0 Å². The Kier molecular flexibility index (Phi) is 6.37. The van der Waals surface area contributed by atoms with Crippen molar-refractivity contribution in [2.75, 3.05) is 0 Å². The third-order valence-corrected chi connectivity index (χ3v) is 5.03. The molecule has 0 spiro atoms. The summed E-state index contributed by atoms with van der Waals surface area (Å²) in [5.41, 5.74) is 1.92. The lowest BCUT2D eigenvalue weighted by molar-refractivity contribution is -0.140. The Balaban J connectivity index is 0.000000171. The van der Waals surface area contributed by atoms with Gasteiger partial charge in [-0.2, -0.15) is 0 Å². The van der Waals surface area contributed by atoms with Gasteiger partial charge in [0.25, 0.3) is 23.6 Å². The van der Waals surface area contributed by atoms with E-state index in [2.05, 4.69) is 0 Å². The average Bonchev–Trinajstić information content (AvgIpc) is 3.29. The molecule has 0 saturated carbocycles. The van der Waals surface area contributed by atoms with Crippen LogP contribution in [0, 0.1) is 0 Å². The van der Waals surface area contributed by atoms with E-state index >= 15 is 0 Å². The maximum Gasteiger partial charge on any atom is 0.254 e. The van der Waals surface area contributed by atoms with Crippen molar-refractivity contribution in [3.63, 3.8) is 0 Å². The summed E-state index contributed by atoms with van der Waals surface area (Å²) in [6, 6.07) is 18.6. The Hall–Kier alpha value is -3.80. The van der Waals surface area contributed by atoms with Crippen molar-refractivity contribution in [2.24, 2.45) is 0 Å². The highest BCUT2D eigenvalue weighted by Crippen LogP contribution is 2.24. The summed E-state index contributed by atoms with van der Waals surface area (Å²) in [6.07, 6.45) is 5.23. The van der Waals surface area contributed by atoms with Crippen molar-refractivity contribution in [3.05, 3.63) is 96.1 Å². The Bertz CT molecular complexity index is 893. The topological polar surface area (TPSA) is 74.8 Å². The van der Waals surface area contributed by atoms with E-state index in [4.69, 9.17) is 0 Å². The Morgan fingerprint density at radius 1 is 0.500 bits per heavy atom. The molecule has 0 bridgehead atoms. The number of benzene rings is 2. The number of nitrogens with zero attached hydrogens (tertiary/aromatic N) is 2. The fourth-order valence-corrected chi connectivity index (χ4v) is 3.35. The summed E-state index contributed by atoms with van der Waals surface area (Å²) in [4.78, 5) is 48.2. The van der Waals surface area contributed by atoms with Crippen molar-refractivity contribution in [1.82, 2.24) is 9.80 Å². The second kappa shape index (κ2) is 9.13. The lowest BCUT2D eigenvalue weighted by Crippen LogP contribution is -2.32. The van der Waals surface area contributed by atoms with E-state index in [1.165, 1.54) is 34.1 Å². The molecule has 0 aromatic heterocycles. The molecule has 0 aliphatic carbocycles. The van der Waals surface area contributed by atoms with Gasteiger partial charge in [-0.3, -0.25) is 29.0 Å². The van der Waals surface area contributed by atoms with E-state index < -0.39 is 0 Å². The number of carbonyl (C=O) groups excluding carboxylic acids is 4. The number of hydrogen-bond donors (Lipinski definition) is 0. The number of amides is 4. The minimum absolute atomic E-state index is 0.207. The summed E-state index contributed by atoms with van der Waals surface area (Å²) < 4.78 is 0. The smallest absolute Gasteiger partial charge is 0.254 e. The molecule has 152 valence electrons. The Morgan fingerprint density at radius 2 is 0.767 bits per heavy atom. The summed E-state index contributed by atoms with van der Waals surface area (Å²) in [5, 5.41) is 0. The molecular weight excluding hydrogens is 380 g/mol. The zero-order chi connectivity index (χ0) is 21.7. The first-order chi connectivity index (χ1) is 14.4. The highest BCUT2D eigenvalue weighted by atomic mass is 16.2. The molecule has 4 rings (SSSR count). The number of carbonyl (C=O) groups is 4. The predicted molar refractivity (Wildman–Crippen MR) is 112 cm³/mol. The maximum absolute atomic E-state index is 11.4. The van der Waals surface area contributed by atoms with Crippen LogP contribution in [0.5, 0.6) is 0 Å². The molecule has 0 N–H and O–H groups in total. The van der Waals surface area contributed by atoms with Crippen LogP contribution in [0.25, 0.3) is 0 Å². The normalized spacial score (nSPS) is 17.3. The standard InChI is InChI=1S/2C12H11NO2/c2*1-9(10-5-3-2-4-6-10)13-11(14)7-8-12(13)15/h2*2-9H,1H3/t2*9-/m00/s1. The van der Waals surface area contributed by atoms with Crippen LogP contribution in [0.15, 0.2) is 85.0 Å². The van der Waals surface area contributed by atoms with Gasteiger partial charge in [0.1, 0.15) is 0 Å². The monoisotopic (exact) mass is 402 g/mol. The van der Waals surface area contributed by atoms with Crippen LogP contribution < -0.4 is 0 Å². The summed E-state index contributed by atoms with van der Waals surface area (Å²) >= 11 is 0. The quantitative estimate of drug-likeness (QED) is 0.735. The molecule has 6 heteroatoms. The summed E-state index contributed by atoms with van der Waals surface area (Å²) in [5.74, 6) is -0.958. The number of rotatable bonds is 4. The van der Waals surface area contributed by atoms with E-state index in [9.17, 15) is 19.2 Å². The van der Waals surface area contributed by atoms with E-state index in [1.807, 2.05) is 74.5 Å². The predicted octanol–water partition coefficient (Wildman–Crippen LogP) is 3.35. The van der Waals surface area contributed by atoms with Gasteiger partial charge in [-0.05, 0) is 25.0 Å². The van der Waals surface area contributed by atoms with Gasteiger partial charge in [-0.15, -0.1) is 0 Å². The third-order valence-electron chi connectivity index (χ3n) is 5.03. The third kappa shape index (κ3) is 4.43.